The molecule has 0 heterocycles. The van der Waals surface area contributed by atoms with Crippen molar-refractivity contribution in [1.82, 2.24) is 0 Å². The van der Waals surface area contributed by atoms with Crippen LogP contribution in [0.4, 0.5) is 0 Å². The van der Waals surface area contributed by atoms with Crippen molar-refractivity contribution in [1.29, 1.82) is 0 Å². The molecule has 0 bridgehead atoms. The maximum absolute atomic E-state index is 10.5. The van der Waals surface area contributed by atoms with E-state index in [4.69, 9.17) is 5.73 Å². The molecule has 0 aliphatic carbocycles. The molecule has 1 unspecified atom stereocenters. The molecule has 0 aromatic rings. The molecule has 2 N–H and O–H groups in total. The van der Waals surface area contributed by atoms with Gasteiger partial charge in [0.25, 0.3) is 10.1 Å². The Morgan fingerprint density at radius 2 is 2.10 bits per heavy atom. The van der Waals surface area contributed by atoms with Crippen LogP contribution in [0.25, 0.3) is 0 Å². The van der Waals surface area contributed by atoms with Crippen LogP contribution in [0.3, 0.4) is 0 Å². The Morgan fingerprint density at radius 1 is 1.60 bits per heavy atom. The first-order valence-corrected chi connectivity index (χ1v) is 4.39. The summed E-state index contributed by atoms with van der Waals surface area (Å²) in [5.74, 6) is -0.125. The first-order valence-electron chi connectivity index (χ1n) is 2.81. The van der Waals surface area contributed by atoms with Crippen LogP contribution in [-0.4, -0.2) is 20.4 Å². The molecule has 0 aromatic heterocycles. The van der Waals surface area contributed by atoms with Crippen LogP contribution >= 0.6 is 0 Å². The Morgan fingerprint density at radius 3 is 2.40 bits per heavy atom. The van der Waals surface area contributed by atoms with E-state index in [9.17, 15) is 8.42 Å². The third kappa shape index (κ3) is 4.68. The lowest BCUT2D eigenvalue weighted by molar-refractivity contribution is -0.233. The summed E-state index contributed by atoms with van der Waals surface area (Å²) < 4.78 is 25.0. The van der Waals surface area contributed by atoms with E-state index in [0.29, 0.717) is 0 Å². The fourth-order valence-electron chi connectivity index (χ4n) is 0.170. The second kappa shape index (κ2) is 3.87. The van der Waals surface area contributed by atoms with Crippen molar-refractivity contribution in [2.45, 2.75) is 20.1 Å². The van der Waals surface area contributed by atoms with Gasteiger partial charge < -0.3 is 5.73 Å². The summed E-state index contributed by atoms with van der Waals surface area (Å²) in [7, 11) is -3.52. The average Bonchev–Trinajstić information content (AvgIpc) is 1.85. The third-order valence-corrected chi connectivity index (χ3v) is 1.64. The van der Waals surface area contributed by atoms with Crippen molar-refractivity contribution in [3.8, 4) is 0 Å². The number of rotatable bonds is 4. The van der Waals surface area contributed by atoms with Crippen molar-refractivity contribution in [2.75, 3.05) is 5.75 Å². The van der Waals surface area contributed by atoms with E-state index in [1.807, 2.05) is 0 Å². The van der Waals surface area contributed by atoms with Gasteiger partial charge in [0.15, 0.2) is 0 Å². The fraction of sp³-hybridized carbons (Fsp3) is 1.00. The maximum atomic E-state index is 10.5. The van der Waals surface area contributed by atoms with Gasteiger partial charge in [0.2, 0.25) is 0 Å². The zero-order valence-electron chi connectivity index (χ0n) is 5.90. The summed E-state index contributed by atoms with van der Waals surface area (Å²) in [6.45, 7) is 2.91. The molecule has 6 heteroatoms. The lowest BCUT2D eigenvalue weighted by Crippen LogP contribution is -2.22. The van der Waals surface area contributed by atoms with Gasteiger partial charge in [0.05, 0.1) is 5.75 Å². The second-order valence-corrected chi connectivity index (χ2v) is 3.54. The molecular formula is C4H11NO4S. The van der Waals surface area contributed by atoms with Gasteiger partial charge in [-0.05, 0) is 13.8 Å². The molecule has 0 saturated heterocycles. The van der Waals surface area contributed by atoms with Gasteiger partial charge in [-0.1, -0.05) is 0 Å². The molecule has 0 radical (unpaired) electrons. The number of hydrogen-bond donors (Lipinski definition) is 1. The molecule has 10 heavy (non-hydrogen) atoms. The number of nitrogens with two attached hydrogens (primary N) is 1. The minimum Gasteiger partial charge on any atom is -0.304 e. The summed E-state index contributed by atoms with van der Waals surface area (Å²) in [5.41, 5.74) is 5.04. The zero-order valence-corrected chi connectivity index (χ0v) is 6.72. The fourth-order valence-corrected chi connectivity index (χ4v) is 0.510. The zero-order chi connectivity index (χ0) is 8.20. The van der Waals surface area contributed by atoms with E-state index in [1.54, 1.807) is 0 Å². The van der Waals surface area contributed by atoms with E-state index < -0.39 is 16.3 Å². The van der Waals surface area contributed by atoms with E-state index in [0.717, 1.165) is 0 Å². The summed E-state index contributed by atoms with van der Waals surface area (Å²) in [6.07, 6.45) is -0.735. The highest BCUT2D eigenvalue weighted by Crippen LogP contribution is 1.94. The number of hydrogen-bond acceptors (Lipinski definition) is 5. The van der Waals surface area contributed by atoms with E-state index in [2.05, 4.69) is 9.22 Å². The van der Waals surface area contributed by atoms with Crippen LogP contribution in [-0.2, 0) is 19.3 Å². The Labute approximate surface area is 60.2 Å². The normalized spacial score (nSPS) is 15.1. The highest BCUT2D eigenvalue weighted by molar-refractivity contribution is 7.86. The molecule has 0 saturated carbocycles. The van der Waals surface area contributed by atoms with Crippen molar-refractivity contribution < 1.29 is 17.6 Å². The molecule has 62 valence electrons. The lowest BCUT2D eigenvalue weighted by atomic mass is 10.7. The smallest absolute Gasteiger partial charge is 0.293 e. The standard InChI is InChI=1S/C4H11NO4S/c1-3-10(6,7)9-8-4(2)5/h4H,3,5H2,1-2H3. The highest BCUT2D eigenvalue weighted by Gasteiger charge is 2.09. The van der Waals surface area contributed by atoms with Crippen LogP contribution in [0.5, 0.6) is 0 Å². The minimum atomic E-state index is -3.52. The predicted octanol–water partition coefficient (Wildman–Crippen LogP) is -0.411. The van der Waals surface area contributed by atoms with Gasteiger partial charge in [0, 0.05) is 0 Å². The van der Waals surface area contributed by atoms with Crippen LogP contribution in [0.2, 0.25) is 0 Å². The first kappa shape index (κ1) is 9.83. The van der Waals surface area contributed by atoms with Crippen LogP contribution in [0, 0.1) is 0 Å². The van der Waals surface area contributed by atoms with Gasteiger partial charge in [-0.15, -0.1) is 4.33 Å². The van der Waals surface area contributed by atoms with Gasteiger partial charge in [-0.3, -0.25) is 0 Å². The van der Waals surface area contributed by atoms with Crippen LogP contribution < -0.4 is 5.73 Å². The quantitative estimate of drug-likeness (QED) is 0.351. The van der Waals surface area contributed by atoms with E-state index in [1.165, 1.54) is 13.8 Å². The second-order valence-electron chi connectivity index (χ2n) is 1.72. The van der Waals surface area contributed by atoms with Crippen molar-refractivity contribution >= 4 is 10.1 Å². The third-order valence-electron chi connectivity index (χ3n) is 0.648. The molecule has 0 fully saturated rings. The Bertz CT molecular complexity index is 174. The molecule has 0 amide bonds. The van der Waals surface area contributed by atoms with Gasteiger partial charge in [-0.2, -0.15) is 8.42 Å². The van der Waals surface area contributed by atoms with E-state index >= 15 is 0 Å². The summed E-state index contributed by atoms with van der Waals surface area (Å²) in [5, 5.41) is 0. The highest BCUT2D eigenvalue weighted by atomic mass is 32.2. The molecular weight excluding hydrogens is 158 g/mol. The van der Waals surface area contributed by atoms with E-state index in [-0.39, 0.29) is 5.75 Å². The predicted molar refractivity (Wildman–Crippen MR) is 35.3 cm³/mol. The largest absolute Gasteiger partial charge is 0.304 e. The molecule has 0 aromatic carbocycles. The Balaban J connectivity index is 3.70. The molecule has 0 aliphatic heterocycles. The maximum Gasteiger partial charge on any atom is 0.293 e. The van der Waals surface area contributed by atoms with Crippen molar-refractivity contribution in [2.24, 2.45) is 5.73 Å². The van der Waals surface area contributed by atoms with Gasteiger partial charge >= 0.3 is 0 Å². The van der Waals surface area contributed by atoms with Crippen LogP contribution in [0.1, 0.15) is 13.8 Å². The lowest BCUT2D eigenvalue weighted by Gasteiger charge is -2.04. The Hall–Kier alpha value is -0.170. The van der Waals surface area contributed by atoms with Crippen molar-refractivity contribution in [3.05, 3.63) is 0 Å². The van der Waals surface area contributed by atoms with Crippen molar-refractivity contribution in [3.63, 3.8) is 0 Å². The first-order chi connectivity index (χ1) is 4.48. The summed E-state index contributed by atoms with van der Waals surface area (Å²) >= 11 is 0. The molecule has 0 rings (SSSR count). The minimum absolute atomic E-state index is 0.125. The van der Waals surface area contributed by atoms with Gasteiger partial charge in [-0.25, -0.2) is 4.89 Å². The van der Waals surface area contributed by atoms with Gasteiger partial charge in [0.1, 0.15) is 6.23 Å². The topological polar surface area (TPSA) is 78.6 Å². The molecule has 1 atom stereocenters. The SMILES string of the molecule is CCS(=O)(=O)OOC(C)N. The Kier molecular flexibility index (Phi) is 3.80. The molecule has 0 aliphatic rings. The summed E-state index contributed by atoms with van der Waals surface area (Å²) in [4.78, 5) is 4.19. The molecule has 5 nitrogen and oxygen atoms in total. The monoisotopic (exact) mass is 169 g/mol. The summed E-state index contributed by atoms with van der Waals surface area (Å²) in [6, 6.07) is 0. The average molecular weight is 169 g/mol. The van der Waals surface area contributed by atoms with Crippen LogP contribution in [0.15, 0.2) is 0 Å². The molecule has 0 spiro atoms.